The van der Waals surface area contributed by atoms with Crippen molar-refractivity contribution in [2.24, 2.45) is 0 Å². The van der Waals surface area contributed by atoms with Crippen LogP contribution in [0.15, 0.2) is 158 Å². The van der Waals surface area contributed by atoms with Crippen LogP contribution in [-0.4, -0.2) is 34.8 Å². The van der Waals surface area contributed by atoms with Crippen LogP contribution in [0.25, 0.3) is 6.08 Å². The molecule has 0 unspecified atom stereocenters. The number of rotatable bonds is 11. The molecule has 1 N–H and O–H groups in total. The molecule has 0 fully saturated rings. The van der Waals surface area contributed by atoms with Crippen molar-refractivity contribution < 1.29 is 48.0 Å². The van der Waals surface area contributed by atoms with Gasteiger partial charge in [-0.1, -0.05) is 84.9 Å². The average molecular weight is 705 g/mol. The van der Waals surface area contributed by atoms with Gasteiger partial charge in [0, 0.05) is 12.1 Å². The van der Waals surface area contributed by atoms with Crippen LogP contribution in [0.4, 0.5) is 0 Å². The van der Waals surface area contributed by atoms with E-state index >= 15 is 0 Å². The first-order chi connectivity index (χ1) is 25.7. The van der Waals surface area contributed by atoms with Crippen molar-refractivity contribution in [1.29, 1.82) is 0 Å². The van der Waals surface area contributed by atoms with E-state index in [-0.39, 0.29) is 45.3 Å². The topological polar surface area (TPSA) is 143 Å². The van der Waals surface area contributed by atoms with Gasteiger partial charge < -0.3 is 24.1 Å². The molecule has 0 heterocycles. The Balaban J connectivity index is 1.30. The van der Waals surface area contributed by atoms with E-state index < -0.39 is 41.0 Å². The highest BCUT2D eigenvalue weighted by Gasteiger charge is 2.23. The lowest BCUT2D eigenvalue weighted by atomic mass is 10.1. The predicted molar refractivity (Wildman–Crippen MR) is 194 cm³/mol. The quantitative estimate of drug-likeness (QED) is 0.0607. The Morgan fingerprint density at radius 3 is 1.32 bits per heavy atom. The van der Waals surface area contributed by atoms with Gasteiger partial charge in [-0.2, -0.15) is 0 Å². The van der Waals surface area contributed by atoms with Gasteiger partial charge in [0.15, 0.2) is 17.3 Å². The van der Waals surface area contributed by atoms with Crippen LogP contribution in [0, 0.1) is 0 Å². The Morgan fingerprint density at radius 2 is 0.849 bits per heavy atom. The first-order valence-corrected chi connectivity index (χ1v) is 16.1. The Kier molecular flexibility index (Phi) is 10.9. The number of carbonyl (C=O) groups excluding carboxylic acids is 5. The summed E-state index contributed by atoms with van der Waals surface area (Å²) >= 11 is 0. The van der Waals surface area contributed by atoms with Crippen molar-refractivity contribution >= 4 is 35.7 Å². The van der Waals surface area contributed by atoms with E-state index in [4.69, 9.17) is 18.9 Å². The van der Waals surface area contributed by atoms with Crippen LogP contribution in [0.3, 0.4) is 0 Å². The number of aromatic hydroxyl groups is 1. The molecule has 10 heteroatoms. The van der Waals surface area contributed by atoms with Crippen LogP contribution in [0.1, 0.15) is 57.4 Å². The minimum Gasteiger partial charge on any atom is -0.507 e. The van der Waals surface area contributed by atoms with Crippen LogP contribution in [-0.2, 0) is 0 Å². The molecule has 6 aromatic carbocycles. The third kappa shape index (κ3) is 8.96. The number of hydrogen-bond acceptors (Lipinski definition) is 10. The fourth-order valence-electron chi connectivity index (χ4n) is 4.95. The fraction of sp³-hybridized carbons (Fsp3) is 0. The van der Waals surface area contributed by atoms with Gasteiger partial charge in [-0.15, -0.1) is 0 Å². The average Bonchev–Trinajstić information content (AvgIpc) is 3.19. The summed E-state index contributed by atoms with van der Waals surface area (Å²) in [6, 6.07) is 39.0. The SMILES string of the molecule is O=C(Oc1cc(O)c(C(=O)/C=C/c2ccc(OC(=O)c3ccccc3)c(OC(=O)c3ccccc3)c2)c(OC(=O)c2ccccc2)c1)c1ccccc1. The fourth-order valence-corrected chi connectivity index (χ4v) is 4.95. The Morgan fingerprint density at radius 1 is 0.434 bits per heavy atom. The third-order valence-corrected chi connectivity index (χ3v) is 7.55. The molecule has 0 amide bonds. The Bertz CT molecular complexity index is 2320. The first-order valence-electron chi connectivity index (χ1n) is 16.1. The first kappa shape index (κ1) is 35.2. The van der Waals surface area contributed by atoms with Crippen LogP contribution >= 0.6 is 0 Å². The minimum atomic E-state index is -0.833. The molecule has 0 aliphatic rings. The predicted octanol–water partition coefficient (Wildman–Crippen LogP) is 8.17. The van der Waals surface area contributed by atoms with Crippen molar-refractivity contribution in [3.05, 3.63) is 191 Å². The summed E-state index contributed by atoms with van der Waals surface area (Å²) in [6.07, 6.45) is 2.45. The summed E-state index contributed by atoms with van der Waals surface area (Å²) in [5.41, 5.74) is 0.853. The maximum absolute atomic E-state index is 13.6. The van der Waals surface area contributed by atoms with Gasteiger partial charge >= 0.3 is 23.9 Å². The molecular weight excluding hydrogens is 676 g/mol. The molecule has 260 valence electrons. The van der Waals surface area contributed by atoms with Crippen molar-refractivity contribution in [2.45, 2.75) is 0 Å². The lowest BCUT2D eigenvalue weighted by Gasteiger charge is -2.13. The van der Waals surface area contributed by atoms with Crippen molar-refractivity contribution in [3.8, 4) is 28.7 Å². The number of ether oxygens (including phenoxy) is 4. The molecule has 0 saturated heterocycles. The highest BCUT2D eigenvalue weighted by molar-refractivity contribution is 6.11. The molecule has 53 heavy (non-hydrogen) atoms. The van der Waals surface area contributed by atoms with Crippen LogP contribution < -0.4 is 18.9 Å². The molecule has 6 aromatic rings. The van der Waals surface area contributed by atoms with Crippen molar-refractivity contribution in [2.75, 3.05) is 0 Å². The number of phenolic OH excluding ortho intramolecular Hbond substituents is 1. The van der Waals surface area contributed by atoms with E-state index in [1.165, 1.54) is 48.5 Å². The summed E-state index contributed by atoms with van der Waals surface area (Å²) in [6.45, 7) is 0. The largest absolute Gasteiger partial charge is 0.507 e. The summed E-state index contributed by atoms with van der Waals surface area (Å²) in [5.74, 6) is -5.12. The van der Waals surface area contributed by atoms with E-state index in [1.54, 1.807) is 97.1 Å². The van der Waals surface area contributed by atoms with Gasteiger partial charge in [0.05, 0.1) is 22.3 Å². The molecule has 0 atom stereocenters. The Labute approximate surface area is 303 Å². The molecule has 0 radical (unpaired) electrons. The summed E-state index contributed by atoms with van der Waals surface area (Å²) in [4.78, 5) is 65.3. The molecule has 10 nitrogen and oxygen atoms in total. The lowest BCUT2D eigenvalue weighted by Crippen LogP contribution is -2.13. The smallest absolute Gasteiger partial charge is 0.343 e. The van der Waals surface area contributed by atoms with Crippen molar-refractivity contribution in [3.63, 3.8) is 0 Å². The van der Waals surface area contributed by atoms with E-state index in [9.17, 15) is 29.1 Å². The summed E-state index contributed by atoms with van der Waals surface area (Å²) < 4.78 is 22.2. The second kappa shape index (κ2) is 16.4. The second-order valence-corrected chi connectivity index (χ2v) is 11.2. The maximum Gasteiger partial charge on any atom is 0.343 e. The molecule has 0 aliphatic heterocycles. The maximum atomic E-state index is 13.6. The zero-order valence-corrected chi connectivity index (χ0v) is 27.7. The summed E-state index contributed by atoms with van der Waals surface area (Å²) in [7, 11) is 0. The second-order valence-electron chi connectivity index (χ2n) is 11.2. The third-order valence-electron chi connectivity index (χ3n) is 7.55. The van der Waals surface area contributed by atoms with Gasteiger partial charge in [0.25, 0.3) is 0 Å². The molecular formula is C43H28O10. The number of allylic oxidation sites excluding steroid dienone is 1. The van der Waals surface area contributed by atoms with E-state index in [0.717, 1.165) is 18.2 Å². The molecule has 0 aliphatic carbocycles. The van der Waals surface area contributed by atoms with E-state index in [2.05, 4.69) is 0 Å². The highest BCUT2D eigenvalue weighted by atomic mass is 16.6. The molecule has 0 bridgehead atoms. The van der Waals surface area contributed by atoms with Gasteiger partial charge in [0.2, 0.25) is 0 Å². The number of phenols is 1. The van der Waals surface area contributed by atoms with Crippen LogP contribution in [0.5, 0.6) is 28.7 Å². The molecule has 0 saturated carbocycles. The number of esters is 4. The molecule has 0 aromatic heterocycles. The van der Waals surface area contributed by atoms with Gasteiger partial charge in [-0.25, -0.2) is 19.2 Å². The van der Waals surface area contributed by atoms with E-state index in [0.29, 0.717) is 5.56 Å². The number of carbonyl (C=O) groups is 5. The summed E-state index contributed by atoms with van der Waals surface area (Å²) in [5, 5.41) is 11.0. The Hall–Kier alpha value is -7.59. The van der Waals surface area contributed by atoms with E-state index in [1.807, 2.05) is 0 Å². The van der Waals surface area contributed by atoms with Crippen molar-refractivity contribution in [1.82, 2.24) is 0 Å². The zero-order chi connectivity index (χ0) is 37.2. The van der Waals surface area contributed by atoms with Crippen LogP contribution in [0.2, 0.25) is 0 Å². The molecule has 0 spiro atoms. The normalized spacial score (nSPS) is 10.6. The lowest BCUT2D eigenvalue weighted by molar-refractivity contribution is 0.0682. The minimum absolute atomic E-state index is 0.0556. The standard InChI is InChI=1S/C43H28O10/c44-34(39-35(45)26-33(50-40(46)29-13-5-1-6-14-29)27-38(39)53-43(49)32-19-11-4-12-20-32)23-21-28-22-24-36(51-41(47)30-15-7-2-8-16-30)37(25-28)52-42(48)31-17-9-3-10-18-31/h1-27,45H/b23-21+. The van der Waals surface area contributed by atoms with Gasteiger partial charge in [0.1, 0.15) is 22.8 Å². The van der Waals surface area contributed by atoms with Gasteiger partial charge in [-0.3, -0.25) is 4.79 Å². The number of ketones is 1. The zero-order valence-electron chi connectivity index (χ0n) is 27.7. The highest BCUT2D eigenvalue weighted by Crippen LogP contribution is 2.36. The van der Waals surface area contributed by atoms with Gasteiger partial charge in [-0.05, 0) is 72.3 Å². The number of hydrogen-bond donors (Lipinski definition) is 1. The molecule has 6 rings (SSSR count). The number of benzene rings is 6. The monoisotopic (exact) mass is 704 g/mol.